The molecule has 0 unspecified atom stereocenters. The Kier molecular flexibility index (Phi) is 3.73. The number of nitrogens with zero attached hydrogens (tertiary/aromatic N) is 3. The molecular formula is C13H23N3O2. The summed E-state index contributed by atoms with van der Waals surface area (Å²) in [6.45, 7) is 7.86. The van der Waals surface area contributed by atoms with Gasteiger partial charge in [0, 0.05) is 12.0 Å². The fourth-order valence-corrected chi connectivity index (χ4v) is 2.22. The Morgan fingerprint density at radius 3 is 2.56 bits per heavy atom. The molecule has 0 spiro atoms. The molecule has 1 N–H and O–H groups in total. The maximum atomic E-state index is 9.26. The molecular weight excluding hydrogens is 230 g/mol. The number of aromatic nitrogens is 2. The van der Waals surface area contributed by atoms with Crippen LogP contribution >= 0.6 is 0 Å². The summed E-state index contributed by atoms with van der Waals surface area (Å²) >= 11 is 0. The molecule has 0 atom stereocenters. The summed E-state index contributed by atoms with van der Waals surface area (Å²) in [7, 11) is 2.05. The molecule has 1 aromatic heterocycles. The van der Waals surface area contributed by atoms with Crippen LogP contribution in [0.25, 0.3) is 0 Å². The first-order valence-electron chi connectivity index (χ1n) is 6.54. The minimum atomic E-state index is -0.0953. The second-order valence-electron chi connectivity index (χ2n) is 6.45. The van der Waals surface area contributed by atoms with Crippen molar-refractivity contribution in [1.82, 2.24) is 15.0 Å². The van der Waals surface area contributed by atoms with Crippen LogP contribution in [0.4, 0.5) is 0 Å². The molecule has 5 heteroatoms. The Balaban J connectivity index is 1.83. The maximum absolute atomic E-state index is 9.26. The number of aliphatic hydroxyl groups is 1. The van der Waals surface area contributed by atoms with Crippen LogP contribution in [0.2, 0.25) is 0 Å². The van der Waals surface area contributed by atoms with E-state index in [9.17, 15) is 5.11 Å². The summed E-state index contributed by atoms with van der Waals surface area (Å²) in [5, 5.41) is 13.3. The van der Waals surface area contributed by atoms with Gasteiger partial charge >= 0.3 is 0 Å². The van der Waals surface area contributed by atoms with E-state index in [1.165, 1.54) is 0 Å². The molecule has 1 aliphatic rings. The SMILES string of the molecule is CN(Cc1noc(C(C)(C)C)n1)CC1CC(O)C1. The number of rotatable bonds is 4. The Hall–Kier alpha value is -0.940. The van der Waals surface area contributed by atoms with Crippen LogP contribution in [-0.2, 0) is 12.0 Å². The molecule has 0 saturated heterocycles. The fourth-order valence-electron chi connectivity index (χ4n) is 2.22. The van der Waals surface area contributed by atoms with Gasteiger partial charge in [-0.2, -0.15) is 4.98 Å². The van der Waals surface area contributed by atoms with Gasteiger partial charge < -0.3 is 9.63 Å². The van der Waals surface area contributed by atoms with Crippen molar-refractivity contribution >= 4 is 0 Å². The Morgan fingerprint density at radius 1 is 1.39 bits per heavy atom. The van der Waals surface area contributed by atoms with E-state index >= 15 is 0 Å². The molecule has 0 aromatic carbocycles. The fraction of sp³-hybridized carbons (Fsp3) is 0.846. The van der Waals surface area contributed by atoms with Crippen LogP contribution in [0.15, 0.2) is 4.52 Å². The van der Waals surface area contributed by atoms with E-state index in [1.807, 2.05) is 0 Å². The molecule has 1 aromatic rings. The third-order valence-corrected chi connectivity index (χ3v) is 3.30. The molecule has 1 heterocycles. The zero-order chi connectivity index (χ0) is 13.3. The highest BCUT2D eigenvalue weighted by molar-refractivity contribution is 4.98. The molecule has 5 nitrogen and oxygen atoms in total. The average molecular weight is 253 g/mol. The lowest BCUT2D eigenvalue weighted by molar-refractivity contribution is 0.0270. The highest BCUT2D eigenvalue weighted by Gasteiger charge is 2.28. The van der Waals surface area contributed by atoms with Crippen molar-refractivity contribution in [3.8, 4) is 0 Å². The predicted molar refractivity (Wildman–Crippen MR) is 68.1 cm³/mol. The van der Waals surface area contributed by atoms with Crippen LogP contribution in [-0.4, -0.2) is 39.8 Å². The molecule has 0 bridgehead atoms. The lowest BCUT2D eigenvalue weighted by Gasteiger charge is -2.34. The topological polar surface area (TPSA) is 62.4 Å². The molecule has 0 aliphatic heterocycles. The van der Waals surface area contributed by atoms with E-state index in [4.69, 9.17) is 4.52 Å². The van der Waals surface area contributed by atoms with Crippen LogP contribution in [0.5, 0.6) is 0 Å². The van der Waals surface area contributed by atoms with Crippen molar-refractivity contribution in [3.63, 3.8) is 0 Å². The summed E-state index contributed by atoms with van der Waals surface area (Å²) in [5.41, 5.74) is -0.0953. The largest absolute Gasteiger partial charge is 0.393 e. The monoisotopic (exact) mass is 253 g/mol. The summed E-state index contributed by atoms with van der Waals surface area (Å²) in [6, 6.07) is 0. The van der Waals surface area contributed by atoms with Gasteiger partial charge in [-0.15, -0.1) is 0 Å². The summed E-state index contributed by atoms with van der Waals surface area (Å²) in [5.74, 6) is 2.03. The van der Waals surface area contributed by atoms with E-state index < -0.39 is 0 Å². The van der Waals surface area contributed by atoms with E-state index in [0.29, 0.717) is 18.4 Å². The normalized spacial score (nSPS) is 24.3. The van der Waals surface area contributed by atoms with Gasteiger partial charge in [-0.3, -0.25) is 4.90 Å². The second kappa shape index (κ2) is 4.97. The van der Waals surface area contributed by atoms with Crippen molar-refractivity contribution in [3.05, 3.63) is 11.7 Å². The van der Waals surface area contributed by atoms with Gasteiger partial charge in [-0.05, 0) is 25.8 Å². The van der Waals surface area contributed by atoms with Gasteiger partial charge in [0.25, 0.3) is 0 Å². The average Bonchev–Trinajstić information content (AvgIpc) is 2.63. The van der Waals surface area contributed by atoms with E-state index in [-0.39, 0.29) is 11.5 Å². The van der Waals surface area contributed by atoms with Crippen molar-refractivity contribution < 1.29 is 9.63 Å². The van der Waals surface area contributed by atoms with E-state index in [0.717, 1.165) is 25.2 Å². The quantitative estimate of drug-likeness (QED) is 0.882. The van der Waals surface area contributed by atoms with Gasteiger partial charge in [0.15, 0.2) is 5.82 Å². The van der Waals surface area contributed by atoms with Crippen LogP contribution < -0.4 is 0 Å². The first kappa shape index (κ1) is 13.5. The first-order valence-corrected chi connectivity index (χ1v) is 6.54. The van der Waals surface area contributed by atoms with Crippen molar-refractivity contribution in [2.45, 2.75) is 51.7 Å². The van der Waals surface area contributed by atoms with Gasteiger partial charge in [0.05, 0.1) is 12.6 Å². The summed E-state index contributed by atoms with van der Waals surface area (Å²) in [4.78, 5) is 6.61. The van der Waals surface area contributed by atoms with Gasteiger partial charge in [0.1, 0.15) is 0 Å². The van der Waals surface area contributed by atoms with Crippen LogP contribution in [0, 0.1) is 5.92 Å². The molecule has 1 aliphatic carbocycles. The third kappa shape index (κ3) is 3.29. The molecule has 102 valence electrons. The predicted octanol–water partition coefficient (Wildman–Crippen LogP) is 1.57. The lowest BCUT2D eigenvalue weighted by Crippen LogP contribution is -2.36. The van der Waals surface area contributed by atoms with Crippen molar-refractivity contribution in [2.75, 3.05) is 13.6 Å². The highest BCUT2D eigenvalue weighted by Crippen LogP contribution is 2.28. The van der Waals surface area contributed by atoms with E-state index in [2.05, 4.69) is 42.9 Å². The molecule has 1 fully saturated rings. The van der Waals surface area contributed by atoms with E-state index in [1.54, 1.807) is 0 Å². The van der Waals surface area contributed by atoms with Crippen LogP contribution in [0.3, 0.4) is 0 Å². The lowest BCUT2D eigenvalue weighted by atomic mass is 9.82. The molecule has 1 saturated carbocycles. The van der Waals surface area contributed by atoms with Crippen LogP contribution in [0.1, 0.15) is 45.3 Å². The maximum Gasteiger partial charge on any atom is 0.232 e. The Bertz CT molecular complexity index is 391. The smallest absolute Gasteiger partial charge is 0.232 e. The Morgan fingerprint density at radius 2 is 2.06 bits per heavy atom. The minimum Gasteiger partial charge on any atom is -0.393 e. The minimum absolute atomic E-state index is 0.0823. The van der Waals surface area contributed by atoms with Gasteiger partial charge in [-0.25, -0.2) is 0 Å². The number of hydrogen-bond donors (Lipinski definition) is 1. The zero-order valence-corrected chi connectivity index (χ0v) is 11.7. The molecule has 18 heavy (non-hydrogen) atoms. The summed E-state index contributed by atoms with van der Waals surface area (Å²) in [6.07, 6.45) is 1.76. The zero-order valence-electron chi connectivity index (χ0n) is 11.7. The summed E-state index contributed by atoms with van der Waals surface area (Å²) < 4.78 is 5.26. The van der Waals surface area contributed by atoms with Crippen molar-refractivity contribution in [2.24, 2.45) is 5.92 Å². The highest BCUT2D eigenvalue weighted by atomic mass is 16.5. The number of aliphatic hydroxyl groups excluding tert-OH is 1. The van der Waals surface area contributed by atoms with Gasteiger partial charge in [-0.1, -0.05) is 25.9 Å². The number of hydrogen-bond acceptors (Lipinski definition) is 5. The molecule has 0 amide bonds. The van der Waals surface area contributed by atoms with Crippen molar-refractivity contribution in [1.29, 1.82) is 0 Å². The Labute approximate surface area is 108 Å². The standard InChI is InChI=1S/C13H23N3O2/c1-13(2,3)12-14-11(15-18-12)8-16(4)7-9-5-10(17)6-9/h9-10,17H,5-8H2,1-4H3. The first-order chi connectivity index (χ1) is 8.34. The van der Waals surface area contributed by atoms with Gasteiger partial charge in [0.2, 0.25) is 5.89 Å². The molecule has 0 radical (unpaired) electrons. The third-order valence-electron chi connectivity index (χ3n) is 3.30. The second-order valence-corrected chi connectivity index (χ2v) is 6.45. The molecule has 2 rings (SSSR count).